The minimum atomic E-state index is -1.57. The minimum absolute atomic E-state index is 0.169. The van der Waals surface area contributed by atoms with Crippen LogP contribution in [0.5, 0.6) is 0 Å². The number of carbonyl (C=O) groups is 1. The number of aliphatic hydroxyl groups excluding tert-OH is 5. The number of hydrogen-bond donors (Lipinski definition) is 6. The number of allylic oxidation sites excluding steroid dienone is 5. The van der Waals surface area contributed by atoms with Crippen LogP contribution >= 0.6 is 0 Å². The Morgan fingerprint density at radius 3 is 1.09 bits per heavy atom. The summed E-state index contributed by atoms with van der Waals surface area (Å²) in [6, 6.07) is -0.804. The zero-order chi connectivity index (χ0) is 57.2. The van der Waals surface area contributed by atoms with Gasteiger partial charge in [0.15, 0.2) is 6.29 Å². The van der Waals surface area contributed by atoms with E-state index in [2.05, 4.69) is 43.5 Å². The molecule has 466 valence electrons. The molecule has 0 aliphatic carbocycles. The largest absolute Gasteiger partial charge is 0.394 e. The van der Waals surface area contributed by atoms with E-state index in [0.717, 1.165) is 44.9 Å². The Morgan fingerprint density at radius 2 is 0.747 bits per heavy atom. The summed E-state index contributed by atoms with van der Waals surface area (Å²) in [4.78, 5) is 13.1. The Bertz CT molecular complexity index is 1340. The predicted octanol–water partition coefficient (Wildman–Crippen LogP) is 18.6. The second kappa shape index (κ2) is 59.6. The lowest BCUT2D eigenvalue weighted by atomic mass is 9.99. The van der Waals surface area contributed by atoms with E-state index >= 15 is 0 Å². The number of nitrogens with one attached hydrogen (secondary N) is 1. The molecule has 0 radical (unpaired) electrons. The molecular formula is C70H133NO8. The Labute approximate surface area is 489 Å². The van der Waals surface area contributed by atoms with Gasteiger partial charge < -0.3 is 40.3 Å². The highest BCUT2D eigenvalue weighted by Crippen LogP contribution is 2.23. The summed E-state index contributed by atoms with van der Waals surface area (Å²) in [7, 11) is 0. The number of rotatable bonds is 61. The molecular weight excluding hydrogens is 983 g/mol. The van der Waals surface area contributed by atoms with Gasteiger partial charge in [0, 0.05) is 6.42 Å². The maximum atomic E-state index is 13.1. The average Bonchev–Trinajstić information content (AvgIpc) is 3.47. The van der Waals surface area contributed by atoms with E-state index in [4.69, 9.17) is 9.47 Å². The second-order valence-electron chi connectivity index (χ2n) is 24.3. The quantitative estimate of drug-likeness (QED) is 0.0261. The van der Waals surface area contributed by atoms with Crippen LogP contribution in [0.4, 0.5) is 0 Å². The first kappa shape index (κ1) is 75.4. The molecule has 1 amide bonds. The van der Waals surface area contributed by atoms with Crippen LogP contribution < -0.4 is 5.32 Å². The molecule has 0 aromatic carbocycles. The summed E-state index contributed by atoms with van der Waals surface area (Å²) < 4.78 is 11.3. The number of carbonyl (C=O) groups excluding carboxylic acids is 1. The molecule has 1 fully saturated rings. The zero-order valence-electron chi connectivity index (χ0n) is 52.2. The molecule has 9 heteroatoms. The van der Waals surface area contributed by atoms with Crippen molar-refractivity contribution in [1.82, 2.24) is 5.32 Å². The van der Waals surface area contributed by atoms with Crippen molar-refractivity contribution in [3.63, 3.8) is 0 Å². The Balaban J connectivity index is 2.11. The first-order chi connectivity index (χ1) is 38.8. The van der Waals surface area contributed by atoms with Crippen LogP contribution in [0.3, 0.4) is 0 Å². The van der Waals surface area contributed by atoms with Gasteiger partial charge in [-0.2, -0.15) is 0 Å². The summed E-state index contributed by atoms with van der Waals surface area (Å²) >= 11 is 0. The van der Waals surface area contributed by atoms with Gasteiger partial charge in [-0.1, -0.05) is 326 Å². The van der Waals surface area contributed by atoms with Crippen molar-refractivity contribution in [2.45, 2.75) is 391 Å². The molecule has 7 unspecified atom stereocenters. The molecule has 79 heavy (non-hydrogen) atoms. The number of amides is 1. The Hall–Kier alpha value is -1.59. The third kappa shape index (κ3) is 48.5. The summed E-state index contributed by atoms with van der Waals surface area (Å²) in [6.45, 7) is 3.82. The lowest BCUT2D eigenvalue weighted by Crippen LogP contribution is -2.60. The third-order valence-electron chi connectivity index (χ3n) is 16.7. The molecule has 1 heterocycles. The van der Waals surface area contributed by atoms with Crippen molar-refractivity contribution in [2.75, 3.05) is 13.2 Å². The van der Waals surface area contributed by atoms with Crippen LogP contribution in [0.1, 0.15) is 348 Å². The highest BCUT2D eigenvalue weighted by molar-refractivity contribution is 5.76. The Morgan fingerprint density at radius 1 is 0.430 bits per heavy atom. The average molecular weight is 1120 g/mol. The van der Waals surface area contributed by atoms with Crippen molar-refractivity contribution in [1.29, 1.82) is 0 Å². The standard InChI is InChI=1S/C70H133NO8/c1-3-5-7-9-11-13-15-17-19-21-23-25-27-28-29-30-31-32-33-34-35-36-38-40-42-44-46-48-50-52-54-56-58-60-66(74)71-63(62-78-70-69(77)68(76)67(75)65(61-72)79-70)64(73)59-57-55-53-51-49-47-45-43-41-39-37-26-24-22-20-18-16-14-12-10-8-6-4-2/h15,17,21,23,57,59,63-65,67-70,72-73,75-77H,3-14,16,18-20,22,24-56,58,60-62H2,1-2H3,(H,71,74)/b17-15-,23-21-,59-57+. The fourth-order valence-corrected chi connectivity index (χ4v) is 11.3. The van der Waals surface area contributed by atoms with Gasteiger partial charge in [-0.05, 0) is 51.4 Å². The molecule has 6 N–H and O–H groups in total. The van der Waals surface area contributed by atoms with E-state index in [1.54, 1.807) is 6.08 Å². The molecule has 1 aliphatic heterocycles. The number of unbranched alkanes of at least 4 members (excludes halogenated alkanes) is 47. The van der Waals surface area contributed by atoms with E-state index in [1.165, 1.54) is 283 Å². The van der Waals surface area contributed by atoms with Gasteiger partial charge in [0.1, 0.15) is 24.4 Å². The summed E-state index contributed by atoms with van der Waals surface area (Å²) in [5, 5.41) is 54.7. The molecule has 0 aromatic rings. The van der Waals surface area contributed by atoms with Gasteiger partial charge >= 0.3 is 0 Å². The normalized spacial score (nSPS) is 18.7. The predicted molar refractivity (Wildman–Crippen MR) is 337 cm³/mol. The van der Waals surface area contributed by atoms with Crippen molar-refractivity contribution in [2.24, 2.45) is 0 Å². The smallest absolute Gasteiger partial charge is 0.220 e. The van der Waals surface area contributed by atoms with Crippen LogP contribution in [0, 0.1) is 0 Å². The van der Waals surface area contributed by atoms with Crippen molar-refractivity contribution in [3.8, 4) is 0 Å². The molecule has 0 saturated carbocycles. The number of aliphatic hydroxyl groups is 5. The lowest BCUT2D eigenvalue weighted by Gasteiger charge is -2.40. The maximum absolute atomic E-state index is 13.1. The molecule has 9 nitrogen and oxygen atoms in total. The number of ether oxygens (including phenoxy) is 2. The topological polar surface area (TPSA) is 149 Å². The van der Waals surface area contributed by atoms with Gasteiger partial charge in [-0.25, -0.2) is 0 Å². The van der Waals surface area contributed by atoms with Crippen LogP contribution in [0.15, 0.2) is 36.5 Å². The third-order valence-corrected chi connectivity index (χ3v) is 16.7. The van der Waals surface area contributed by atoms with E-state index in [0.29, 0.717) is 6.42 Å². The van der Waals surface area contributed by atoms with Gasteiger partial charge in [-0.15, -0.1) is 0 Å². The van der Waals surface area contributed by atoms with Gasteiger partial charge in [0.2, 0.25) is 5.91 Å². The highest BCUT2D eigenvalue weighted by Gasteiger charge is 2.44. The van der Waals surface area contributed by atoms with E-state index in [1.807, 2.05) is 6.08 Å². The molecule has 1 rings (SSSR count). The van der Waals surface area contributed by atoms with Crippen LogP contribution in [-0.2, 0) is 14.3 Å². The lowest BCUT2D eigenvalue weighted by molar-refractivity contribution is -0.302. The molecule has 1 saturated heterocycles. The van der Waals surface area contributed by atoms with E-state index in [9.17, 15) is 30.3 Å². The fourth-order valence-electron chi connectivity index (χ4n) is 11.3. The molecule has 0 aromatic heterocycles. The van der Waals surface area contributed by atoms with E-state index in [-0.39, 0.29) is 12.5 Å². The monoisotopic (exact) mass is 1120 g/mol. The van der Waals surface area contributed by atoms with Gasteiger partial charge in [0.25, 0.3) is 0 Å². The van der Waals surface area contributed by atoms with Gasteiger partial charge in [-0.3, -0.25) is 4.79 Å². The van der Waals surface area contributed by atoms with Crippen molar-refractivity contribution < 1.29 is 39.8 Å². The highest BCUT2D eigenvalue weighted by atomic mass is 16.7. The van der Waals surface area contributed by atoms with Crippen molar-refractivity contribution in [3.05, 3.63) is 36.5 Å². The van der Waals surface area contributed by atoms with Crippen LogP contribution in [0.2, 0.25) is 0 Å². The van der Waals surface area contributed by atoms with Gasteiger partial charge in [0.05, 0.1) is 25.4 Å². The summed E-state index contributed by atoms with van der Waals surface area (Å²) in [5.74, 6) is -0.169. The Kier molecular flexibility index (Phi) is 56.9. The molecule has 0 spiro atoms. The zero-order valence-corrected chi connectivity index (χ0v) is 52.2. The summed E-state index contributed by atoms with van der Waals surface area (Å²) in [5.41, 5.74) is 0. The minimum Gasteiger partial charge on any atom is -0.394 e. The molecule has 0 bridgehead atoms. The van der Waals surface area contributed by atoms with Crippen molar-refractivity contribution >= 4 is 5.91 Å². The fraction of sp³-hybridized carbons (Fsp3) is 0.900. The first-order valence-corrected chi connectivity index (χ1v) is 34.7. The molecule has 7 atom stereocenters. The van der Waals surface area contributed by atoms with Crippen LogP contribution in [-0.4, -0.2) is 87.5 Å². The van der Waals surface area contributed by atoms with Crippen LogP contribution in [0.25, 0.3) is 0 Å². The summed E-state index contributed by atoms with van der Waals surface area (Å²) in [6.07, 6.45) is 72.5. The number of hydrogen-bond acceptors (Lipinski definition) is 8. The first-order valence-electron chi connectivity index (χ1n) is 34.7. The SMILES string of the molecule is CCCCCCC/C=C\C/C=C\CCCCCCCCCCCCCCCCCCCCCCCC(=O)NC(COC1OC(CO)C(O)C(O)C1O)C(O)/C=C/CCCCCCCCCCCCCCCCCCCCCCC. The molecule has 1 aliphatic rings. The second-order valence-corrected chi connectivity index (χ2v) is 24.3. The van der Waals surface area contributed by atoms with E-state index < -0.39 is 49.5 Å². The maximum Gasteiger partial charge on any atom is 0.220 e.